The van der Waals surface area contributed by atoms with E-state index in [0.717, 1.165) is 31.2 Å². The number of rotatable bonds is 8. The number of carbonyl (C=O) groups excluding carboxylic acids is 2. The van der Waals surface area contributed by atoms with Gasteiger partial charge in [-0.2, -0.15) is 4.31 Å². The van der Waals surface area contributed by atoms with Crippen LogP contribution in [0.3, 0.4) is 0 Å². The number of ether oxygens (including phenoxy) is 1. The van der Waals surface area contributed by atoms with Crippen molar-refractivity contribution in [3.63, 3.8) is 0 Å². The maximum atomic E-state index is 12.6. The predicted molar refractivity (Wildman–Crippen MR) is 113 cm³/mol. The highest BCUT2D eigenvalue weighted by molar-refractivity contribution is 7.89. The number of benzene rings is 1. The van der Waals surface area contributed by atoms with Crippen LogP contribution >= 0.6 is 0 Å². The zero-order chi connectivity index (χ0) is 21.4. The fourth-order valence-electron chi connectivity index (χ4n) is 3.62. The zero-order valence-electron chi connectivity index (χ0n) is 17.0. The Labute approximate surface area is 177 Å². The van der Waals surface area contributed by atoms with Crippen LogP contribution in [-0.2, 0) is 24.3 Å². The fraction of sp³-hybridized carbons (Fsp3) is 0.524. The Morgan fingerprint density at radius 3 is 2.33 bits per heavy atom. The molecule has 0 aromatic heterocycles. The van der Waals surface area contributed by atoms with Gasteiger partial charge in [0.25, 0.3) is 0 Å². The molecule has 8 nitrogen and oxygen atoms in total. The van der Waals surface area contributed by atoms with E-state index in [1.807, 2.05) is 0 Å². The molecule has 2 aliphatic rings. The fourth-order valence-corrected chi connectivity index (χ4v) is 5.03. The summed E-state index contributed by atoms with van der Waals surface area (Å²) in [5.74, 6) is -0.0739. The second kappa shape index (κ2) is 10.7. The SMILES string of the molecule is O=C(/C=C/c1ccc(S(=O)(=O)N2CCOCC2)cc1)NCCNC(=O)C1CCCC1. The Kier molecular flexibility index (Phi) is 8.01. The highest BCUT2D eigenvalue weighted by Crippen LogP contribution is 2.24. The average Bonchev–Trinajstić information content (AvgIpc) is 3.31. The Bertz CT molecular complexity index is 855. The molecule has 0 bridgehead atoms. The number of amides is 2. The summed E-state index contributed by atoms with van der Waals surface area (Å²) in [6.07, 6.45) is 7.14. The molecular formula is C21H29N3O5S. The van der Waals surface area contributed by atoms with E-state index in [1.54, 1.807) is 30.3 Å². The smallest absolute Gasteiger partial charge is 0.244 e. The van der Waals surface area contributed by atoms with Crippen LogP contribution < -0.4 is 10.6 Å². The van der Waals surface area contributed by atoms with Gasteiger partial charge in [-0.05, 0) is 36.6 Å². The molecule has 164 valence electrons. The molecule has 0 atom stereocenters. The van der Waals surface area contributed by atoms with Gasteiger partial charge in [-0.3, -0.25) is 9.59 Å². The van der Waals surface area contributed by atoms with Gasteiger partial charge >= 0.3 is 0 Å². The number of hydrogen-bond acceptors (Lipinski definition) is 5. The second-order valence-electron chi connectivity index (χ2n) is 7.48. The molecular weight excluding hydrogens is 406 g/mol. The van der Waals surface area contributed by atoms with Gasteiger partial charge in [0, 0.05) is 38.2 Å². The molecule has 0 spiro atoms. The maximum absolute atomic E-state index is 12.6. The van der Waals surface area contributed by atoms with Crippen LogP contribution in [0.5, 0.6) is 0 Å². The normalized spacial score (nSPS) is 18.5. The summed E-state index contributed by atoms with van der Waals surface area (Å²) in [5, 5.41) is 5.58. The molecule has 1 aliphatic carbocycles. The standard InChI is InChI=1S/C21H29N3O5S/c25-20(22-11-12-23-21(26)18-3-1-2-4-18)10-7-17-5-8-19(9-6-17)30(27,28)24-13-15-29-16-14-24/h5-10,18H,1-4,11-16H2,(H,22,25)(H,23,26)/b10-7+. The third kappa shape index (κ3) is 6.13. The van der Waals surface area contributed by atoms with Gasteiger partial charge in [-0.15, -0.1) is 0 Å². The average molecular weight is 436 g/mol. The molecule has 9 heteroatoms. The lowest BCUT2D eigenvalue weighted by Gasteiger charge is -2.26. The van der Waals surface area contributed by atoms with Crippen LogP contribution in [0.1, 0.15) is 31.2 Å². The summed E-state index contributed by atoms with van der Waals surface area (Å²) in [4.78, 5) is 24.1. The summed E-state index contributed by atoms with van der Waals surface area (Å²) < 4.78 is 31.8. The number of sulfonamides is 1. The monoisotopic (exact) mass is 435 g/mol. The van der Waals surface area contributed by atoms with Crippen molar-refractivity contribution in [3.8, 4) is 0 Å². The van der Waals surface area contributed by atoms with Crippen molar-refractivity contribution in [1.82, 2.24) is 14.9 Å². The molecule has 1 heterocycles. The van der Waals surface area contributed by atoms with E-state index in [9.17, 15) is 18.0 Å². The first kappa shape index (κ1) is 22.5. The van der Waals surface area contributed by atoms with Gasteiger partial charge < -0.3 is 15.4 Å². The number of carbonyl (C=O) groups is 2. The highest BCUT2D eigenvalue weighted by Gasteiger charge is 2.26. The van der Waals surface area contributed by atoms with Crippen molar-refractivity contribution in [1.29, 1.82) is 0 Å². The van der Waals surface area contributed by atoms with Gasteiger partial charge in [0.1, 0.15) is 0 Å². The molecule has 2 amide bonds. The highest BCUT2D eigenvalue weighted by atomic mass is 32.2. The van der Waals surface area contributed by atoms with E-state index in [4.69, 9.17) is 4.74 Å². The summed E-state index contributed by atoms with van der Waals surface area (Å²) >= 11 is 0. The van der Waals surface area contributed by atoms with Gasteiger partial charge in [0.15, 0.2) is 0 Å². The third-order valence-electron chi connectivity index (χ3n) is 5.36. The minimum Gasteiger partial charge on any atom is -0.379 e. The van der Waals surface area contributed by atoms with Crippen LogP contribution in [0, 0.1) is 5.92 Å². The maximum Gasteiger partial charge on any atom is 0.244 e. The van der Waals surface area contributed by atoms with Gasteiger partial charge in [0.05, 0.1) is 18.1 Å². The Hall–Kier alpha value is -2.23. The minimum absolute atomic E-state index is 0.0735. The topological polar surface area (TPSA) is 105 Å². The van der Waals surface area contributed by atoms with Crippen LogP contribution in [0.25, 0.3) is 6.08 Å². The largest absolute Gasteiger partial charge is 0.379 e. The van der Waals surface area contributed by atoms with Gasteiger partial charge in [-0.25, -0.2) is 8.42 Å². The Morgan fingerprint density at radius 2 is 1.67 bits per heavy atom. The molecule has 2 fully saturated rings. The number of nitrogens with zero attached hydrogens (tertiary/aromatic N) is 1. The predicted octanol–water partition coefficient (Wildman–Crippen LogP) is 1.14. The first-order valence-corrected chi connectivity index (χ1v) is 11.8. The first-order valence-electron chi connectivity index (χ1n) is 10.4. The van der Waals surface area contributed by atoms with E-state index >= 15 is 0 Å². The van der Waals surface area contributed by atoms with Crippen LogP contribution in [-0.4, -0.2) is 63.9 Å². The number of hydrogen-bond donors (Lipinski definition) is 2. The summed E-state index contributed by atoms with van der Waals surface area (Å²) in [5.41, 5.74) is 0.723. The number of nitrogens with one attached hydrogen (secondary N) is 2. The van der Waals surface area contributed by atoms with Gasteiger partial charge in [-0.1, -0.05) is 25.0 Å². The minimum atomic E-state index is -3.52. The zero-order valence-corrected chi connectivity index (χ0v) is 17.8. The molecule has 1 saturated heterocycles. The van der Waals surface area contributed by atoms with Crippen LogP contribution in [0.4, 0.5) is 0 Å². The molecule has 30 heavy (non-hydrogen) atoms. The lowest BCUT2D eigenvalue weighted by Crippen LogP contribution is -2.40. The first-order chi connectivity index (χ1) is 14.5. The van der Waals surface area contributed by atoms with Crippen molar-refractivity contribution < 1.29 is 22.7 Å². The third-order valence-corrected chi connectivity index (χ3v) is 7.28. The Balaban J connectivity index is 1.43. The molecule has 2 N–H and O–H groups in total. The Morgan fingerprint density at radius 1 is 1.03 bits per heavy atom. The second-order valence-corrected chi connectivity index (χ2v) is 9.42. The lowest BCUT2D eigenvalue weighted by atomic mass is 10.1. The van der Waals surface area contributed by atoms with E-state index in [2.05, 4.69) is 10.6 Å². The van der Waals surface area contributed by atoms with Crippen LogP contribution in [0.15, 0.2) is 35.2 Å². The van der Waals surface area contributed by atoms with Crippen molar-refractivity contribution in [2.45, 2.75) is 30.6 Å². The molecule has 3 rings (SSSR count). The van der Waals surface area contributed by atoms with E-state index in [0.29, 0.717) is 39.4 Å². The lowest BCUT2D eigenvalue weighted by molar-refractivity contribution is -0.125. The van der Waals surface area contributed by atoms with E-state index < -0.39 is 10.0 Å². The summed E-state index contributed by atoms with van der Waals surface area (Å²) in [6.45, 7) is 2.27. The van der Waals surface area contributed by atoms with Crippen molar-refractivity contribution in [3.05, 3.63) is 35.9 Å². The molecule has 0 radical (unpaired) electrons. The van der Waals surface area contributed by atoms with Crippen molar-refractivity contribution in [2.75, 3.05) is 39.4 Å². The van der Waals surface area contributed by atoms with Crippen molar-refractivity contribution in [2.24, 2.45) is 5.92 Å². The van der Waals surface area contributed by atoms with E-state index in [1.165, 1.54) is 10.4 Å². The molecule has 1 saturated carbocycles. The molecule has 1 aromatic carbocycles. The van der Waals surface area contributed by atoms with Gasteiger partial charge in [0.2, 0.25) is 21.8 Å². The molecule has 0 unspecified atom stereocenters. The molecule has 1 aromatic rings. The number of morpholine rings is 1. The van der Waals surface area contributed by atoms with Crippen LogP contribution in [0.2, 0.25) is 0 Å². The van der Waals surface area contributed by atoms with Crippen molar-refractivity contribution >= 4 is 27.9 Å². The quantitative estimate of drug-likeness (QED) is 0.471. The van der Waals surface area contributed by atoms with E-state index in [-0.39, 0.29) is 22.6 Å². The summed E-state index contributed by atoms with van der Waals surface area (Å²) in [6, 6.07) is 6.42. The molecule has 1 aliphatic heterocycles. The summed E-state index contributed by atoms with van der Waals surface area (Å²) in [7, 11) is -3.52.